The molecule has 0 saturated carbocycles. The Morgan fingerprint density at radius 3 is 2.34 bits per heavy atom. The van der Waals surface area contributed by atoms with Gasteiger partial charge < -0.3 is 29.9 Å². The van der Waals surface area contributed by atoms with Crippen molar-refractivity contribution in [1.82, 2.24) is 0 Å². The number of carbonyl (C=O) groups excluding carboxylic acids is 1. The van der Waals surface area contributed by atoms with Gasteiger partial charge in [0.1, 0.15) is 12.2 Å². The van der Waals surface area contributed by atoms with E-state index >= 15 is 0 Å². The Kier molecular flexibility index (Phi) is 16.6. The topological polar surface area (TPSA) is 134 Å². The van der Waals surface area contributed by atoms with Crippen LogP contribution in [0.2, 0.25) is 0 Å². The van der Waals surface area contributed by atoms with Gasteiger partial charge in [0.05, 0.1) is 18.3 Å². The SMILES string of the molecule is C=C/C=C\[C@H](C)[C@@H]1OC(=O)/C=C\C=C\[C@@H](C)[C@@H](OC(=O)O)C[C@H](O)/C=C\[C@H](C)[C@H](O)[C@@H](C)C[C@@H](C)CC[C@@H](O)[C@@H]1C. The van der Waals surface area contributed by atoms with Crippen LogP contribution in [-0.2, 0) is 14.3 Å². The summed E-state index contributed by atoms with van der Waals surface area (Å²) in [6.45, 7) is 15.2. The summed E-state index contributed by atoms with van der Waals surface area (Å²) in [7, 11) is 0. The van der Waals surface area contributed by atoms with E-state index in [1.807, 2.05) is 33.8 Å². The van der Waals surface area contributed by atoms with Crippen LogP contribution in [0.4, 0.5) is 4.79 Å². The summed E-state index contributed by atoms with van der Waals surface area (Å²) in [5.41, 5.74) is 0. The van der Waals surface area contributed by atoms with Gasteiger partial charge in [-0.1, -0.05) is 96.7 Å². The fourth-order valence-corrected chi connectivity index (χ4v) is 5.31. The largest absolute Gasteiger partial charge is 0.506 e. The minimum Gasteiger partial charge on any atom is -0.458 e. The van der Waals surface area contributed by atoms with Gasteiger partial charge in [0.15, 0.2) is 0 Å². The standard InChI is InChI=1S/C33H52O8/c1-8-9-12-24(5)32-26(7)28(35)18-15-21(2)19-25(6)31(37)23(4)16-17-27(34)20-29(40-33(38)39)22(3)13-10-11-14-30(36)41-32/h8-14,16-17,21-29,31-32,34-35,37H,1,15,18-20H2,2-7H3,(H,38,39)/b12-9-,13-10+,14-11-,17-16-/t21-,22+,23-,24-,25-,26-,27+,28+,29-,31-,32-/m0/s1. The highest BCUT2D eigenvalue weighted by Crippen LogP contribution is 2.28. The van der Waals surface area contributed by atoms with Gasteiger partial charge in [-0.25, -0.2) is 9.59 Å². The van der Waals surface area contributed by atoms with E-state index in [0.717, 1.165) is 12.8 Å². The molecule has 1 aliphatic heterocycles. The molecule has 0 amide bonds. The lowest BCUT2D eigenvalue weighted by Gasteiger charge is -2.31. The maximum atomic E-state index is 12.7. The quantitative estimate of drug-likeness (QED) is 0.186. The van der Waals surface area contributed by atoms with Crippen LogP contribution >= 0.6 is 0 Å². The number of carboxylic acid groups (broad SMARTS) is 1. The van der Waals surface area contributed by atoms with Crippen molar-refractivity contribution in [3.05, 3.63) is 61.3 Å². The molecule has 8 heteroatoms. The van der Waals surface area contributed by atoms with E-state index in [1.54, 1.807) is 43.4 Å². The normalized spacial score (nSPS) is 38.4. The van der Waals surface area contributed by atoms with Gasteiger partial charge in [-0.15, -0.1) is 0 Å². The van der Waals surface area contributed by atoms with Crippen LogP contribution in [0.15, 0.2) is 61.3 Å². The predicted octanol–water partition coefficient (Wildman–Crippen LogP) is 5.85. The Labute approximate surface area is 246 Å². The van der Waals surface area contributed by atoms with Crippen molar-refractivity contribution < 1.29 is 39.5 Å². The number of cyclic esters (lactones) is 1. The Morgan fingerprint density at radius 1 is 1.02 bits per heavy atom. The number of aliphatic hydroxyl groups excluding tert-OH is 3. The smallest absolute Gasteiger partial charge is 0.458 e. The van der Waals surface area contributed by atoms with Gasteiger partial charge in [0.25, 0.3) is 0 Å². The third-order valence-electron chi connectivity index (χ3n) is 8.00. The predicted molar refractivity (Wildman–Crippen MR) is 161 cm³/mol. The molecule has 11 atom stereocenters. The fraction of sp³-hybridized carbons (Fsp3) is 0.636. The summed E-state index contributed by atoms with van der Waals surface area (Å²) < 4.78 is 10.8. The minimum absolute atomic E-state index is 0.0213. The van der Waals surface area contributed by atoms with Gasteiger partial charge in [0, 0.05) is 36.2 Å². The summed E-state index contributed by atoms with van der Waals surface area (Å²) in [6, 6.07) is 0. The second-order valence-corrected chi connectivity index (χ2v) is 11.8. The highest BCUT2D eigenvalue weighted by molar-refractivity contribution is 5.82. The molecule has 0 spiro atoms. The van der Waals surface area contributed by atoms with Crippen molar-refractivity contribution in [2.24, 2.45) is 35.5 Å². The Morgan fingerprint density at radius 2 is 1.71 bits per heavy atom. The van der Waals surface area contributed by atoms with Crippen LogP contribution in [0.5, 0.6) is 0 Å². The van der Waals surface area contributed by atoms with Crippen molar-refractivity contribution in [3.8, 4) is 0 Å². The molecule has 232 valence electrons. The van der Waals surface area contributed by atoms with E-state index in [2.05, 4.69) is 13.5 Å². The first-order valence-electron chi connectivity index (χ1n) is 14.7. The summed E-state index contributed by atoms with van der Waals surface area (Å²) in [5.74, 6) is -1.46. The lowest BCUT2D eigenvalue weighted by atomic mass is 9.82. The van der Waals surface area contributed by atoms with Gasteiger partial charge >= 0.3 is 12.1 Å². The number of carbonyl (C=O) groups is 2. The van der Waals surface area contributed by atoms with E-state index in [0.29, 0.717) is 6.42 Å². The third-order valence-corrected chi connectivity index (χ3v) is 8.00. The zero-order valence-electron chi connectivity index (χ0n) is 25.5. The number of esters is 1. The first kappa shape index (κ1) is 36.3. The zero-order valence-corrected chi connectivity index (χ0v) is 25.5. The molecule has 1 aliphatic rings. The maximum Gasteiger partial charge on any atom is 0.506 e. The second kappa shape index (κ2) is 18.7. The van der Waals surface area contributed by atoms with Crippen LogP contribution in [0.3, 0.4) is 0 Å². The number of aliphatic hydroxyl groups is 3. The Bertz CT molecular complexity index is 922. The lowest BCUT2D eigenvalue weighted by molar-refractivity contribution is -0.150. The summed E-state index contributed by atoms with van der Waals surface area (Å²) in [5, 5.41) is 41.7. The van der Waals surface area contributed by atoms with Gasteiger partial charge in [-0.2, -0.15) is 0 Å². The van der Waals surface area contributed by atoms with Crippen LogP contribution in [0.25, 0.3) is 0 Å². The maximum absolute atomic E-state index is 12.7. The highest BCUT2D eigenvalue weighted by atomic mass is 16.7. The van der Waals surface area contributed by atoms with Gasteiger partial charge in [-0.05, 0) is 31.1 Å². The Hall–Kier alpha value is -2.68. The third kappa shape index (κ3) is 13.7. The molecule has 0 aromatic rings. The molecule has 8 nitrogen and oxygen atoms in total. The van der Waals surface area contributed by atoms with Gasteiger partial charge in [0.2, 0.25) is 0 Å². The number of rotatable bonds is 4. The van der Waals surface area contributed by atoms with Crippen molar-refractivity contribution in [2.45, 2.75) is 97.7 Å². The van der Waals surface area contributed by atoms with E-state index in [1.165, 1.54) is 12.2 Å². The van der Waals surface area contributed by atoms with Crippen LogP contribution in [0, 0.1) is 35.5 Å². The summed E-state index contributed by atoms with van der Waals surface area (Å²) >= 11 is 0. The van der Waals surface area contributed by atoms with Gasteiger partial charge in [-0.3, -0.25) is 0 Å². The van der Waals surface area contributed by atoms with E-state index in [4.69, 9.17) is 9.47 Å². The molecule has 1 heterocycles. The first-order valence-corrected chi connectivity index (χ1v) is 14.7. The number of hydrogen-bond donors (Lipinski definition) is 4. The molecular weight excluding hydrogens is 524 g/mol. The lowest BCUT2D eigenvalue weighted by Crippen LogP contribution is -2.37. The average molecular weight is 577 g/mol. The summed E-state index contributed by atoms with van der Waals surface area (Å²) in [4.78, 5) is 24.0. The molecule has 0 radical (unpaired) electrons. The first-order chi connectivity index (χ1) is 19.3. The molecule has 1 rings (SSSR count). The van der Waals surface area contributed by atoms with E-state index < -0.39 is 48.6 Å². The molecule has 0 bridgehead atoms. The Balaban J connectivity index is 3.29. The molecule has 0 aromatic heterocycles. The molecule has 41 heavy (non-hydrogen) atoms. The zero-order chi connectivity index (χ0) is 31.1. The fourth-order valence-electron chi connectivity index (χ4n) is 5.31. The average Bonchev–Trinajstić information content (AvgIpc) is 2.92. The van der Waals surface area contributed by atoms with Crippen molar-refractivity contribution >= 4 is 12.1 Å². The molecule has 0 fully saturated rings. The molecule has 4 N–H and O–H groups in total. The van der Waals surface area contributed by atoms with E-state index in [-0.39, 0.29) is 36.0 Å². The summed E-state index contributed by atoms with van der Waals surface area (Å²) in [6.07, 6.45) is 11.7. The molecular formula is C33H52O8. The molecule has 0 unspecified atom stereocenters. The van der Waals surface area contributed by atoms with Crippen molar-refractivity contribution in [3.63, 3.8) is 0 Å². The number of allylic oxidation sites excluding steroid dienone is 4. The monoisotopic (exact) mass is 576 g/mol. The number of ether oxygens (including phenoxy) is 2. The minimum atomic E-state index is -1.44. The van der Waals surface area contributed by atoms with Crippen LogP contribution in [-0.4, -0.2) is 63.1 Å². The van der Waals surface area contributed by atoms with Crippen molar-refractivity contribution in [1.29, 1.82) is 0 Å². The molecule has 0 aromatic carbocycles. The van der Waals surface area contributed by atoms with Crippen molar-refractivity contribution in [2.75, 3.05) is 0 Å². The van der Waals surface area contributed by atoms with Crippen LogP contribution in [0.1, 0.15) is 67.2 Å². The van der Waals surface area contributed by atoms with Crippen LogP contribution < -0.4 is 0 Å². The van der Waals surface area contributed by atoms with E-state index in [9.17, 15) is 30.0 Å². The molecule has 0 saturated heterocycles. The molecule has 0 aliphatic carbocycles. The number of hydrogen-bond acceptors (Lipinski definition) is 7. The second-order valence-electron chi connectivity index (χ2n) is 11.8. The highest BCUT2D eigenvalue weighted by Gasteiger charge is 2.31.